The standard InChI is InChI=1S/C22H23N5O2S/c1-27-14-23-26-22(27)30-13-20(28)24-17-9-4-8-16(12-17)21(29)25-19-11-5-7-15-6-2-3-10-18(15)19/h4-5,7-9,11-12,14H,2-3,6,10,13H2,1H3,(H,24,28)(H,25,29). The van der Waals surface area contributed by atoms with E-state index in [-0.39, 0.29) is 17.6 Å². The van der Waals surface area contributed by atoms with Crippen LogP contribution in [0.25, 0.3) is 0 Å². The van der Waals surface area contributed by atoms with Crippen molar-refractivity contribution in [2.75, 3.05) is 16.4 Å². The van der Waals surface area contributed by atoms with Crippen LogP contribution in [0.4, 0.5) is 11.4 Å². The van der Waals surface area contributed by atoms with E-state index < -0.39 is 0 Å². The Hall–Kier alpha value is -3.13. The quantitative estimate of drug-likeness (QED) is 0.593. The third-order valence-electron chi connectivity index (χ3n) is 5.05. The predicted octanol–water partition coefficient (Wildman–Crippen LogP) is 3.68. The second-order valence-corrected chi connectivity index (χ2v) is 8.19. The van der Waals surface area contributed by atoms with Gasteiger partial charge < -0.3 is 15.2 Å². The molecule has 30 heavy (non-hydrogen) atoms. The molecule has 1 heterocycles. The van der Waals surface area contributed by atoms with Gasteiger partial charge in [-0.25, -0.2) is 0 Å². The molecule has 0 atom stereocenters. The van der Waals surface area contributed by atoms with E-state index in [1.165, 1.54) is 29.3 Å². The summed E-state index contributed by atoms with van der Waals surface area (Å²) in [6.07, 6.45) is 5.99. The largest absolute Gasteiger partial charge is 0.325 e. The summed E-state index contributed by atoms with van der Waals surface area (Å²) in [4.78, 5) is 25.1. The van der Waals surface area contributed by atoms with Crippen LogP contribution in [0, 0.1) is 0 Å². The van der Waals surface area contributed by atoms with Crippen LogP contribution >= 0.6 is 11.8 Å². The summed E-state index contributed by atoms with van der Waals surface area (Å²) in [5.41, 5.74) is 4.53. The van der Waals surface area contributed by atoms with Gasteiger partial charge in [0.05, 0.1) is 5.75 Å². The number of amides is 2. The van der Waals surface area contributed by atoms with Gasteiger partial charge in [0.1, 0.15) is 6.33 Å². The lowest BCUT2D eigenvalue weighted by atomic mass is 9.90. The number of aromatic nitrogens is 3. The van der Waals surface area contributed by atoms with Crippen molar-refractivity contribution in [3.8, 4) is 0 Å². The van der Waals surface area contributed by atoms with Crippen LogP contribution in [0.1, 0.15) is 34.3 Å². The number of benzene rings is 2. The van der Waals surface area contributed by atoms with Gasteiger partial charge in [-0.05, 0) is 61.1 Å². The van der Waals surface area contributed by atoms with Gasteiger partial charge in [-0.15, -0.1) is 10.2 Å². The third kappa shape index (κ3) is 4.71. The SMILES string of the molecule is Cn1cnnc1SCC(=O)Nc1cccc(C(=O)Nc2cccc3c2CCCC3)c1. The van der Waals surface area contributed by atoms with E-state index in [0.29, 0.717) is 16.4 Å². The van der Waals surface area contributed by atoms with Crippen molar-refractivity contribution in [2.24, 2.45) is 7.05 Å². The molecule has 0 radical (unpaired) electrons. The number of anilines is 2. The van der Waals surface area contributed by atoms with E-state index >= 15 is 0 Å². The highest BCUT2D eigenvalue weighted by Crippen LogP contribution is 2.28. The van der Waals surface area contributed by atoms with Crippen molar-refractivity contribution in [1.82, 2.24) is 14.8 Å². The molecular weight excluding hydrogens is 398 g/mol. The van der Waals surface area contributed by atoms with E-state index in [2.05, 4.69) is 26.9 Å². The molecule has 0 bridgehead atoms. The van der Waals surface area contributed by atoms with E-state index in [0.717, 1.165) is 24.9 Å². The Labute approximate surface area is 179 Å². The van der Waals surface area contributed by atoms with Gasteiger partial charge in [0.2, 0.25) is 5.91 Å². The van der Waals surface area contributed by atoms with Crippen molar-refractivity contribution >= 4 is 35.0 Å². The van der Waals surface area contributed by atoms with Gasteiger partial charge in [0.25, 0.3) is 5.91 Å². The van der Waals surface area contributed by atoms with Gasteiger partial charge >= 0.3 is 0 Å². The van der Waals surface area contributed by atoms with Crippen molar-refractivity contribution < 1.29 is 9.59 Å². The summed E-state index contributed by atoms with van der Waals surface area (Å²) in [6.45, 7) is 0. The van der Waals surface area contributed by atoms with Gasteiger partial charge in [-0.3, -0.25) is 9.59 Å². The summed E-state index contributed by atoms with van der Waals surface area (Å²) in [6, 6.07) is 13.1. The Morgan fingerprint density at radius 1 is 1.10 bits per heavy atom. The minimum absolute atomic E-state index is 0.169. The number of nitrogens with zero attached hydrogens (tertiary/aromatic N) is 3. The highest BCUT2D eigenvalue weighted by molar-refractivity contribution is 7.99. The minimum atomic E-state index is -0.182. The molecular formula is C22H23N5O2S. The Morgan fingerprint density at radius 2 is 1.93 bits per heavy atom. The maximum atomic E-state index is 12.8. The molecule has 2 N–H and O–H groups in total. The summed E-state index contributed by atoms with van der Waals surface area (Å²) in [5.74, 6) is -0.143. The van der Waals surface area contributed by atoms with Gasteiger partial charge in [-0.1, -0.05) is 30.0 Å². The number of carbonyl (C=O) groups excluding carboxylic acids is 2. The molecule has 0 spiro atoms. The highest BCUT2D eigenvalue weighted by Gasteiger charge is 2.16. The zero-order valence-electron chi connectivity index (χ0n) is 16.7. The first-order valence-electron chi connectivity index (χ1n) is 9.89. The Balaban J connectivity index is 1.40. The summed E-state index contributed by atoms with van der Waals surface area (Å²) >= 11 is 1.30. The average Bonchev–Trinajstić information content (AvgIpc) is 3.17. The molecule has 0 saturated carbocycles. The lowest BCUT2D eigenvalue weighted by Crippen LogP contribution is -2.17. The molecule has 1 aliphatic carbocycles. The molecule has 1 aromatic heterocycles. The fraction of sp³-hybridized carbons (Fsp3) is 0.273. The van der Waals surface area contributed by atoms with Gasteiger partial charge in [0.15, 0.2) is 5.16 Å². The third-order valence-corrected chi connectivity index (χ3v) is 6.09. The van der Waals surface area contributed by atoms with Crippen molar-refractivity contribution in [2.45, 2.75) is 30.8 Å². The molecule has 0 aliphatic heterocycles. The van der Waals surface area contributed by atoms with Crippen LogP contribution in [0.3, 0.4) is 0 Å². The molecule has 8 heteroatoms. The molecule has 0 saturated heterocycles. The summed E-state index contributed by atoms with van der Waals surface area (Å²) in [7, 11) is 1.83. The lowest BCUT2D eigenvalue weighted by molar-refractivity contribution is -0.113. The number of hydrogen-bond donors (Lipinski definition) is 2. The molecule has 4 rings (SSSR count). The van der Waals surface area contributed by atoms with Crippen molar-refractivity contribution in [1.29, 1.82) is 0 Å². The molecule has 2 aromatic carbocycles. The highest BCUT2D eigenvalue weighted by atomic mass is 32.2. The molecule has 0 fully saturated rings. The van der Waals surface area contributed by atoms with Crippen LogP contribution in [-0.4, -0.2) is 32.3 Å². The minimum Gasteiger partial charge on any atom is -0.325 e. The second kappa shape index (κ2) is 9.13. The zero-order chi connectivity index (χ0) is 20.9. The number of nitrogens with one attached hydrogen (secondary N) is 2. The molecule has 2 amide bonds. The first-order chi connectivity index (χ1) is 14.6. The van der Waals surface area contributed by atoms with Crippen molar-refractivity contribution in [3.05, 3.63) is 65.5 Å². The summed E-state index contributed by atoms with van der Waals surface area (Å²) in [5, 5.41) is 14.3. The predicted molar refractivity (Wildman–Crippen MR) is 118 cm³/mol. The molecule has 7 nitrogen and oxygen atoms in total. The first-order valence-corrected chi connectivity index (χ1v) is 10.9. The van der Waals surface area contributed by atoms with Crippen LogP contribution in [-0.2, 0) is 24.7 Å². The van der Waals surface area contributed by atoms with Gasteiger partial charge in [0, 0.05) is 24.0 Å². The molecule has 1 aliphatic rings. The Morgan fingerprint density at radius 3 is 2.77 bits per heavy atom. The first kappa shape index (κ1) is 20.2. The van der Waals surface area contributed by atoms with Crippen LogP contribution in [0.5, 0.6) is 0 Å². The number of aryl methyl sites for hydroxylation is 2. The fourth-order valence-corrected chi connectivity index (χ4v) is 4.25. The van der Waals surface area contributed by atoms with Crippen molar-refractivity contribution in [3.63, 3.8) is 0 Å². The number of hydrogen-bond acceptors (Lipinski definition) is 5. The molecule has 3 aromatic rings. The number of thioether (sulfide) groups is 1. The monoisotopic (exact) mass is 421 g/mol. The lowest BCUT2D eigenvalue weighted by Gasteiger charge is -2.19. The number of carbonyl (C=O) groups is 2. The Kier molecular flexibility index (Phi) is 6.13. The smallest absolute Gasteiger partial charge is 0.255 e. The van der Waals surface area contributed by atoms with E-state index in [4.69, 9.17) is 0 Å². The zero-order valence-corrected chi connectivity index (χ0v) is 17.5. The normalized spacial score (nSPS) is 12.8. The fourth-order valence-electron chi connectivity index (χ4n) is 3.56. The average molecular weight is 422 g/mol. The van der Waals surface area contributed by atoms with Crippen LogP contribution < -0.4 is 10.6 Å². The van der Waals surface area contributed by atoms with Crippen LogP contribution in [0.15, 0.2) is 53.9 Å². The topological polar surface area (TPSA) is 88.9 Å². The maximum absolute atomic E-state index is 12.8. The Bertz CT molecular complexity index is 1080. The van der Waals surface area contributed by atoms with E-state index in [1.54, 1.807) is 35.2 Å². The number of fused-ring (bicyclic) bond motifs is 1. The van der Waals surface area contributed by atoms with E-state index in [1.807, 2.05) is 19.2 Å². The summed E-state index contributed by atoms with van der Waals surface area (Å²) < 4.78 is 1.76. The van der Waals surface area contributed by atoms with Gasteiger partial charge in [-0.2, -0.15) is 0 Å². The molecule has 154 valence electrons. The van der Waals surface area contributed by atoms with Crippen LogP contribution in [0.2, 0.25) is 0 Å². The molecule has 0 unspecified atom stereocenters. The number of rotatable bonds is 6. The van der Waals surface area contributed by atoms with E-state index in [9.17, 15) is 9.59 Å². The maximum Gasteiger partial charge on any atom is 0.255 e. The second-order valence-electron chi connectivity index (χ2n) is 7.25.